The van der Waals surface area contributed by atoms with Crippen LogP contribution in [0, 0.1) is 0 Å². The third-order valence-electron chi connectivity index (χ3n) is 3.78. The number of nitrogens with zero attached hydrogens (tertiary/aromatic N) is 2. The van der Waals surface area contributed by atoms with Gasteiger partial charge in [-0.1, -0.05) is 30.3 Å². The van der Waals surface area contributed by atoms with E-state index in [4.69, 9.17) is 4.74 Å². The summed E-state index contributed by atoms with van der Waals surface area (Å²) in [5, 5.41) is 3.62. The number of aromatic nitrogens is 2. The zero-order valence-corrected chi connectivity index (χ0v) is 13.3. The average Bonchev–Trinajstić information content (AvgIpc) is 3.08. The molecule has 4 rings (SSSR count). The topological polar surface area (TPSA) is 60.7 Å². The molecule has 0 saturated carbocycles. The number of benzene rings is 2. The lowest BCUT2D eigenvalue weighted by molar-refractivity contribution is 0.112. The molecule has 5 nitrogen and oxygen atoms in total. The lowest BCUT2D eigenvalue weighted by atomic mass is 10.0. The number of ether oxygens (including phenoxy) is 1. The average molecular weight is 336 g/mol. The highest BCUT2D eigenvalue weighted by Crippen LogP contribution is 2.27. The Morgan fingerprint density at radius 1 is 1.21 bits per heavy atom. The fourth-order valence-electron chi connectivity index (χ4n) is 2.64. The monoisotopic (exact) mass is 336 g/mol. The molecule has 2 heterocycles. The van der Waals surface area contributed by atoms with Crippen LogP contribution < -0.4 is 10.3 Å². The molecule has 0 spiro atoms. The van der Waals surface area contributed by atoms with Crippen molar-refractivity contribution in [1.29, 1.82) is 0 Å². The first kappa shape index (κ1) is 14.6. The van der Waals surface area contributed by atoms with Crippen molar-refractivity contribution in [2.24, 2.45) is 0 Å². The van der Waals surface area contributed by atoms with Crippen molar-refractivity contribution in [3.05, 3.63) is 75.7 Å². The number of carbonyl (C=O) groups is 1. The van der Waals surface area contributed by atoms with Crippen LogP contribution in [0.5, 0.6) is 5.75 Å². The van der Waals surface area contributed by atoms with E-state index in [1.54, 1.807) is 12.3 Å². The maximum absolute atomic E-state index is 12.0. The van der Waals surface area contributed by atoms with Crippen LogP contribution in [0.1, 0.15) is 16.1 Å². The number of hydrogen-bond donors (Lipinski definition) is 0. The highest BCUT2D eigenvalue weighted by molar-refractivity contribution is 7.15. The Kier molecular flexibility index (Phi) is 3.59. The molecule has 0 aliphatic heterocycles. The van der Waals surface area contributed by atoms with Gasteiger partial charge in [0.25, 0.3) is 5.56 Å². The van der Waals surface area contributed by atoms with Gasteiger partial charge in [-0.25, -0.2) is 4.98 Å². The Morgan fingerprint density at radius 2 is 2.08 bits per heavy atom. The van der Waals surface area contributed by atoms with Crippen molar-refractivity contribution in [3.8, 4) is 5.75 Å². The maximum atomic E-state index is 12.0. The smallest absolute Gasteiger partial charge is 0.258 e. The Hall–Kier alpha value is -2.99. The summed E-state index contributed by atoms with van der Waals surface area (Å²) in [5.41, 5.74) is 0.892. The lowest BCUT2D eigenvalue weighted by Crippen LogP contribution is -2.14. The zero-order valence-electron chi connectivity index (χ0n) is 12.5. The molecule has 0 saturated heterocycles. The molecule has 0 atom stereocenters. The van der Waals surface area contributed by atoms with E-state index in [0.717, 1.165) is 17.1 Å². The first-order valence-corrected chi connectivity index (χ1v) is 8.20. The van der Waals surface area contributed by atoms with Crippen LogP contribution in [0.25, 0.3) is 15.7 Å². The van der Waals surface area contributed by atoms with Crippen LogP contribution in [0.15, 0.2) is 58.8 Å². The quantitative estimate of drug-likeness (QED) is 0.537. The zero-order chi connectivity index (χ0) is 16.5. The van der Waals surface area contributed by atoms with E-state index in [9.17, 15) is 9.59 Å². The molecule has 118 valence electrons. The summed E-state index contributed by atoms with van der Waals surface area (Å²) in [6.07, 6.45) is 2.48. The summed E-state index contributed by atoms with van der Waals surface area (Å²) in [6, 6.07) is 12.7. The first-order valence-electron chi connectivity index (χ1n) is 7.32. The largest absolute Gasteiger partial charge is 0.487 e. The molecule has 0 unspecified atom stereocenters. The Morgan fingerprint density at radius 3 is 2.96 bits per heavy atom. The molecule has 0 radical (unpaired) electrons. The van der Waals surface area contributed by atoms with Gasteiger partial charge in [0, 0.05) is 17.6 Å². The van der Waals surface area contributed by atoms with Gasteiger partial charge in [-0.3, -0.25) is 14.0 Å². The van der Waals surface area contributed by atoms with Gasteiger partial charge in [-0.05, 0) is 16.8 Å². The molecule has 0 bridgehead atoms. The first-order chi connectivity index (χ1) is 11.8. The van der Waals surface area contributed by atoms with Crippen LogP contribution in [0.2, 0.25) is 0 Å². The van der Waals surface area contributed by atoms with Gasteiger partial charge in [0.15, 0.2) is 11.2 Å². The van der Waals surface area contributed by atoms with Crippen molar-refractivity contribution < 1.29 is 9.53 Å². The van der Waals surface area contributed by atoms with E-state index in [-0.39, 0.29) is 12.2 Å². The predicted molar refractivity (Wildman–Crippen MR) is 93.0 cm³/mol. The summed E-state index contributed by atoms with van der Waals surface area (Å²) < 4.78 is 7.25. The SMILES string of the molecule is O=Cc1c(OCc2cc(=O)n3ccsc3n2)ccc2ccccc12. The maximum Gasteiger partial charge on any atom is 0.258 e. The second-order valence-corrected chi connectivity index (χ2v) is 6.12. The van der Waals surface area contributed by atoms with Gasteiger partial charge in [-0.2, -0.15) is 0 Å². The summed E-state index contributed by atoms with van der Waals surface area (Å²) in [6.45, 7) is 0.128. The molecular formula is C18H12N2O3S. The van der Waals surface area contributed by atoms with E-state index in [1.165, 1.54) is 21.8 Å². The van der Waals surface area contributed by atoms with Gasteiger partial charge in [-0.15, -0.1) is 11.3 Å². The number of hydrogen-bond acceptors (Lipinski definition) is 5. The van der Waals surface area contributed by atoms with Gasteiger partial charge in [0.2, 0.25) is 0 Å². The van der Waals surface area contributed by atoms with Crippen molar-refractivity contribution >= 4 is 33.4 Å². The highest BCUT2D eigenvalue weighted by atomic mass is 32.1. The van der Waals surface area contributed by atoms with Gasteiger partial charge in [0.1, 0.15) is 12.4 Å². The van der Waals surface area contributed by atoms with Gasteiger partial charge >= 0.3 is 0 Å². The summed E-state index contributed by atoms with van der Waals surface area (Å²) in [5.74, 6) is 0.483. The fourth-order valence-corrected chi connectivity index (χ4v) is 3.38. The molecule has 2 aromatic carbocycles. The van der Waals surface area contributed by atoms with E-state index in [1.807, 2.05) is 35.7 Å². The van der Waals surface area contributed by atoms with Crippen LogP contribution >= 0.6 is 11.3 Å². The Labute approximate surface area is 140 Å². The molecule has 0 aliphatic carbocycles. The van der Waals surface area contributed by atoms with E-state index in [0.29, 0.717) is 22.0 Å². The third-order valence-corrected chi connectivity index (χ3v) is 4.54. The summed E-state index contributed by atoms with van der Waals surface area (Å²) in [7, 11) is 0. The second kappa shape index (κ2) is 5.90. The van der Waals surface area contributed by atoms with Gasteiger partial charge in [0.05, 0.1) is 11.3 Å². The minimum atomic E-state index is -0.144. The van der Waals surface area contributed by atoms with Crippen LogP contribution in [-0.4, -0.2) is 15.7 Å². The van der Waals surface area contributed by atoms with Crippen LogP contribution in [0.4, 0.5) is 0 Å². The Balaban J connectivity index is 1.68. The second-order valence-electron chi connectivity index (χ2n) is 5.25. The molecule has 0 N–H and O–H groups in total. The molecule has 6 heteroatoms. The predicted octanol–water partition coefficient (Wildman–Crippen LogP) is 3.30. The van der Waals surface area contributed by atoms with Crippen molar-refractivity contribution in [3.63, 3.8) is 0 Å². The van der Waals surface area contributed by atoms with E-state index < -0.39 is 0 Å². The molecule has 2 aromatic heterocycles. The number of aldehydes is 1. The minimum Gasteiger partial charge on any atom is -0.487 e. The van der Waals surface area contributed by atoms with Crippen LogP contribution in [-0.2, 0) is 6.61 Å². The summed E-state index contributed by atoms with van der Waals surface area (Å²) >= 11 is 1.39. The molecule has 4 aromatic rings. The Bertz CT molecular complexity index is 1110. The lowest BCUT2D eigenvalue weighted by Gasteiger charge is -2.10. The number of thiazole rings is 1. The van der Waals surface area contributed by atoms with Crippen molar-refractivity contribution in [1.82, 2.24) is 9.38 Å². The normalized spacial score (nSPS) is 11.0. The van der Waals surface area contributed by atoms with Crippen molar-refractivity contribution in [2.75, 3.05) is 0 Å². The standard InChI is InChI=1S/C18H12N2O3S/c21-10-15-14-4-2-1-3-12(14)5-6-16(15)23-11-13-9-17(22)20-7-8-24-18(20)19-13/h1-10H,11H2. The highest BCUT2D eigenvalue weighted by Gasteiger charge is 2.09. The molecule has 0 amide bonds. The van der Waals surface area contributed by atoms with E-state index >= 15 is 0 Å². The number of rotatable bonds is 4. The fraction of sp³-hybridized carbons (Fsp3) is 0.0556. The summed E-state index contributed by atoms with van der Waals surface area (Å²) in [4.78, 5) is 28.5. The molecule has 24 heavy (non-hydrogen) atoms. The van der Waals surface area contributed by atoms with Crippen molar-refractivity contribution in [2.45, 2.75) is 6.61 Å². The number of carbonyl (C=O) groups excluding carboxylic acids is 1. The van der Waals surface area contributed by atoms with Crippen LogP contribution in [0.3, 0.4) is 0 Å². The van der Waals surface area contributed by atoms with Gasteiger partial charge < -0.3 is 4.74 Å². The third kappa shape index (κ3) is 2.47. The molecule has 0 aliphatic rings. The van der Waals surface area contributed by atoms with E-state index in [2.05, 4.69) is 4.98 Å². The molecular weight excluding hydrogens is 324 g/mol. The minimum absolute atomic E-state index is 0.128. The molecule has 0 fully saturated rings. The number of fused-ring (bicyclic) bond motifs is 2.